The molecule has 2 amide bonds. The van der Waals surface area contributed by atoms with Gasteiger partial charge < -0.3 is 15.3 Å². The standard InChI is InChI=1S/C17H22N2O4/c1-10-7-8-13(17(22)23)9-19(10)16(21)14-5-4-6-15(11(14)2)18-12(3)20/h4-6,10,13H,7-9H2,1-3H3,(H,18,20)(H,22,23). The number of carbonyl (C=O) groups is 3. The van der Waals surface area contributed by atoms with Crippen molar-refractivity contribution in [3.63, 3.8) is 0 Å². The van der Waals surface area contributed by atoms with Crippen LogP contribution in [0.3, 0.4) is 0 Å². The van der Waals surface area contributed by atoms with E-state index in [4.69, 9.17) is 0 Å². The van der Waals surface area contributed by atoms with Crippen molar-refractivity contribution in [1.29, 1.82) is 0 Å². The lowest BCUT2D eigenvalue weighted by Gasteiger charge is -2.37. The predicted molar refractivity (Wildman–Crippen MR) is 86.3 cm³/mol. The number of nitrogens with zero attached hydrogens (tertiary/aromatic N) is 1. The van der Waals surface area contributed by atoms with Gasteiger partial charge in [-0.15, -0.1) is 0 Å². The molecule has 2 N–H and O–H groups in total. The summed E-state index contributed by atoms with van der Waals surface area (Å²) >= 11 is 0. The van der Waals surface area contributed by atoms with E-state index in [1.807, 2.05) is 6.92 Å². The lowest BCUT2D eigenvalue weighted by molar-refractivity contribution is -0.143. The van der Waals surface area contributed by atoms with Crippen LogP contribution in [0.25, 0.3) is 0 Å². The van der Waals surface area contributed by atoms with Gasteiger partial charge in [-0.3, -0.25) is 14.4 Å². The van der Waals surface area contributed by atoms with E-state index in [1.165, 1.54) is 6.92 Å². The number of benzene rings is 1. The Morgan fingerprint density at radius 1 is 1.26 bits per heavy atom. The lowest BCUT2D eigenvalue weighted by atomic mass is 9.92. The second-order valence-electron chi connectivity index (χ2n) is 6.08. The maximum atomic E-state index is 12.9. The SMILES string of the molecule is CC(=O)Nc1cccc(C(=O)N2CC(C(=O)O)CCC2C)c1C. The fourth-order valence-electron chi connectivity index (χ4n) is 2.94. The van der Waals surface area contributed by atoms with Crippen molar-refractivity contribution in [1.82, 2.24) is 4.90 Å². The van der Waals surface area contributed by atoms with Crippen LogP contribution >= 0.6 is 0 Å². The number of anilines is 1. The highest BCUT2D eigenvalue weighted by atomic mass is 16.4. The summed E-state index contributed by atoms with van der Waals surface area (Å²) in [5.74, 6) is -1.77. The van der Waals surface area contributed by atoms with Crippen molar-refractivity contribution in [2.75, 3.05) is 11.9 Å². The molecule has 6 heteroatoms. The van der Waals surface area contributed by atoms with Crippen molar-refractivity contribution < 1.29 is 19.5 Å². The molecule has 1 aromatic carbocycles. The van der Waals surface area contributed by atoms with Crippen LogP contribution in [-0.4, -0.2) is 40.4 Å². The van der Waals surface area contributed by atoms with Crippen LogP contribution in [0.4, 0.5) is 5.69 Å². The number of nitrogens with one attached hydrogen (secondary N) is 1. The minimum Gasteiger partial charge on any atom is -0.481 e. The van der Waals surface area contributed by atoms with E-state index in [-0.39, 0.29) is 24.4 Å². The summed E-state index contributed by atoms with van der Waals surface area (Å²) in [6, 6.07) is 5.17. The molecule has 23 heavy (non-hydrogen) atoms. The van der Waals surface area contributed by atoms with Gasteiger partial charge in [-0.2, -0.15) is 0 Å². The molecule has 1 aromatic rings. The van der Waals surface area contributed by atoms with Crippen molar-refractivity contribution in [2.24, 2.45) is 5.92 Å². The third-order valence-electron chi connectivity index (χ3n) is 4.37. The number of hydrogen-bond donors (Lipinski definition) is 2. The minimum atomic E-state index is -0.863. The first kappa shape index (κ1) is 17.0. The van der Waals surface area contributed by atoms with E-state index in [0.717, 1.165) is 0 Å². The molecule has 1 aliphatic heterocycles. The van der Waals surface area contributed by atoms with E-state index < -0.39 is 11.9 Å². The number of amides is 2. The van der Waals surface area contributed by atoms with Crippen LogP contribution < -0.4 is 5.32 Å². The van der Waals surface area contributed by atoms with Gasteiger partial charge in [0.15, 0.2) is 0 Å². The van der Waals surface area contributed by atoms with Crippen LogP contribution in [0.1, 0.15) is 42.6 Å². The lowest BCUT2D eigenvalue weighted by Crippen LogP contribution is -2.47. The molecule has 1 aliphatic rings. The Kier molecular flexibility index (Phi) is 5.03. The van der Waals surface area contributed by atoms with Gasteiger partial charge >= 0.3 is 5.97 Å². The van der Waals surface area contributed by atoms with E-state index in [9.17, 15) is 19.5 Å². The van der Waals surface area contributed by atoms with Crippen molar-refractivity contribution >= 4 is 23.5 Å². The summed E-state index contributed by atoms with van der Waals surface area (Å²) in [6.07, 6.45) is 1.26. The summed E-state index contributed by atoms with van der Waals surface area (Å²) in [5.41, 5.74) is 1.79. The average molecular weight is 318 g/mol. The first-order valence-electron chi connectivity index (χ1n) is 7.72. The van der Waals surface area contributed by atoms with Gasteiger partial charge in [-0.1, -0.05) is 6.07 Å². The second kappa shape index (κ2) is 6.81. The van der Waals surface area contributed by atoms with Gasteiger partial charge in [0.25, 0.3) is 5.91 Å². The fraction of sp³-hybridized carbons (Fsp3) is 0.471. The maximum absolute atomic E-state index is 12.9. The van der Waals surface area contributed by atoms with Gasteiger partial charge in [-0.05, 0) is 44.4 Å². The molecule has 6 nitrogen and oxygen atoms in total. The highest BCUT2D eigenvalue weighted by Gasteiger charge is 2.33. The fourth-order valence-corrected chi connectivity index (χ4v) is 2.94. The van der Waals surface area contributed by atoms with Crippen molar-refractivity contribution in [3.8, 4) is 0 Å². The molecule has 0 radical (unpaired) electrons. The molecule has 2 unspecified atom stereocenters. The quantitative estimate of drug-likeness (QED) is 0.895. The van der Waals surface area contributed by atoms with E-state index in [0.29, 0.717) is 29.7 Å². The Morgan fingerprint density at radius 2 is 1.96 bits per heavy atom. The molecule has 0 bridgehead atoms. The van der Waals surface area contributed by atoms with Crippen LogP contribution in [-0.2, 0) is 9.59 Å². The van der Waals surface area contributed by atoms with Gasteiger partial charge in [0.2, 0.25) is 5.91 Å². The molecule has 0 saturated carbocycles. The van der Waals surface area contributed by atoms with E-state index >= 15 is 0 Å². The van der Waals surface area contributed by atoms with E-state index in [1.54, 1.807) is 30.0 Å². The van der Waals surface area contributed by atoms with Crippen LogP contribution in [0.15, 0.2) is 18.2 Å². The minimum absolute atomic E-state index is 0.00178. The summed E-state index contributed by atoms with van der Waals surface area (Å²) in [6.45, 7) is 5.35. The van der Waals surface area contributed by atoms with Gasteiger partial charge in [0, 0.05) is 30.8 Å². The smallest absolute Gasteiger partial charge is 0.308 e. The summed E-state index contributed by atoms with van der Waals surface area (Å²) in [7, 11) is 0. The van der Waals surface area contributed by atoms with Crippen LogP contribution in [0, 0.1) is 12.8 Å². The molecule has 0 spiro atoms. The highest BCUT2D eigenvalue weighted by Crippen LogP contribution is 2.26. The summed E-state index contributed by atoms with van der Waals surface area (Å²) < 4.78 is 0. The second-order valence-corrected chi connectivity index (χ2v) is 6.08. The summed E-state index contributed by atoms with van der Waals surface area (Å²) in [4.78, 5) is 37.0. The highest BCUT2D eigenvalue weighted by molar-refractivity contribution is 5.99. The van der Waals surface area contributed by atoms with Crippen LogP contribution in [0.2, 0.25) is 0 Å². The number of aliphatic carboxylic acids is 1. The Bertz CT molecular complexity index is 641. The van der Waals surface area contributed by atoms with Gasteiger partial charge in [-0.25, -0.2) is 0 Å². The summed E-state index contributed by atoms with van der Waals surface area (Å²) in [5, 5.41) is 11.9. The zero-order valence-corrected chi connectivity index (χ0v) is 13.6. The largest absolute Gasteiger partial charge is 0.481 e. The first-order valence-corrected chi connectivity index (χ1v) is 7.72. The molecule has 0 aromatic heterocycles. The molecule has 1 fully saturated rings. The third-order valence-corrected chi connectivity index (χ3v) is 4.37. The molecule has 1 heterocycles. The Balaban J connectivity index is 2.28. The predicted octanol–water partition coefficient (Wildman–Crippen LogP) is 2.28. The molecular formula is C17H22N2O4. The monoisotopic (exact) mass is 318 g/mol. The number of likely N-dealkylation sites (tertiary alicyclic amines) is 1. The maximum Gasteiger partial charge on any atom is 0.308 e. The number of carbonyl (C=O) groups excluding carboxylic acids is 2. The number of carboxylic acids is 1. The number of piperidine rings is 1. The first-order chi connectivity index (χ1) is 10.8. The zero-order valence-electron chi connectivity index (χ0n) is 13.6. The Morgan fingerprint density at radius 3 is 2.57 bits per heavy atom. The van der Waals surface area contributed by atoms with Gasteiger partial charge in [0.05, 0.1) is 5.92 Å². The number of hydrogen-bond acceptors (Lipinski definition) is 3. The van der Waals surface area contributed by atoms with Crippen molar-refractivity contribution in [2.45, 2.75) is 39.7 Å². The molecule has 0 aliphatic carbocycles. The Hall–Kier alpha value is -2.37. The third kappa shape index (κ3) is 3.70. The van der Waals surface area contributed by atoms with Crippen molar-refractivity contribution in [3.05, 3.63) is 29.3 Å². The zero-order chi connectivity index (χ0) is 17.1. The molecule has 1 saturated heterocycles. The normalized spacial score (nSPS) is 20.9. The molecule has 2 rings (SSSR count). The number of rotatable bonds is 3. The number of carboxylic acid groups (broad SMARTS) is 1. The molecule has 124 valence electrons. The Labute approximate surface area is 135 Å². The molecular weight excluding hydrogens is 296 g/mol. The van der Waals surface area contributed by atoms with Gasteiger partial charge in [0.1, 0.15) is 0 Å². The average Bonchev–Trinajstić information content (AvgIpc) is 2.48. The molecule has 2 atom stereocenters. The topological polar surface area (TPSA) is 86.7 Å². The van der Waals surface area contributed by atoms with Crippen LogP contribution in [0.5, 0.6) is 0 Å². The van der Waals surface area contributed by atoms with E-state index in [2.05, 4.69) is 5.32 Å².